The second-order valence-electron chi connectivity index (χ2n) is 6.66. The van der Waals surface area contributed by atoms with E-state index in [1.165, 1.54) is 7.11 Å². The van der Waals surface area contributed by atoms with Gasteiger partial charge < -0.3 is 20.2 Å². The minimum atomic E-state index is -0.756. The van der Waals surface area contributed by atoms with E-state index in [2.05, 4.69) is 15.4 Å². The molecule has 1 aromatic carbocycles. The van der Waals surface area contributed by atoms with Crippen LogP contribution in [0.4, 0.5) is 0 Å². The van der Waals surface area contributed by atoms with Gasteiger partial charge in [0.1, 0.15) is 12.3 Å². The van der Waals surface area contributed by atoms with Crippen molar-refractivity contribution in [2.45, 2.75) is 51.6 Å². The van der Waals surface area contributed by atoms with E-state index in [1.54, 1.807) is 0 Å². The molecule has 0 heterocycles. The van der Waals surface area contributed by atoms with Gasteiger partial charge in [-0.25, -0.2) is 0 Å². The first kappa shape index (κ1) is 22.3. The monoisotopic (exact) mass is 376 g/mol. The summed E-state index contributed by atoms with van der Waals surface area (Å²) in [6.07, 6.45) is 1.68. The first-order chi connectivity index (χ1) is 12.9. The molecule has 0 aliphatic heterocycles. The summed E-state index contributed by atoms with van der Waals surface area (Å²) in [4.78, 5) is 47.0. The summed E-state index contributed by atoms with van der Waals surface area (Å²) in [5.41, 5.74) is 0.933. The molecule has 0 saturated carbocycles. The van der Waals surface area contributed by atoms with Gasteiger partial charge in [0, 0.05) is 12.8 Å². The standard InChI is InChI=1S/C20H28N2O5/c1-14(2)19(22-17(24)10-7-11-18(25)27-3)20(26)21-16(13-23)12-15-8-5-4-6-9-15/h4-6,8-9,13-14,16,19H,7,10-12H2,1-3H3,(H,21,26)(H,22,24)/t16?,19-/m0/s1. The zero-order chi connectivity index (χ0) is 20.2. The second-order valence-corrected chi connectivity index (χ2v) is 6.66. The van der Waals surface area contributed by atoms with Crippen molar-refractivity contribution >= 4 is 24.1 Å². The SMILES string of the molecule is COC(=O)CCCC(=O)N[C@H](C(=O)NC(C=O)Cc1ccccc1)C(C)C. The second kappa shape index (κ2) is 11.8. The van der Waals surface area contributed by atoms with E-state index in [-0.39, 0.29) is 30.6 Å². The molecule has 2 N–H and O–H groups in total. The Morgan fingerprint density at radius 3 is 2.30 bits per heavy atom. The van der Waals surface area contributed by atoms with Crippen LogP contribution in [0.1, 0.15) is 38.7 Å². The van der Waals surface area contributed by atoms with Gasteiger partial charge in [0.25, 0.3) is 0 Å². The normalized spacial score (nSPS) is 12.7. The van der Waals surface area contributed by atoms with Crippen LogP contribution in [-0.4, -0.2) is 43.3 Å². The van der Waals surface area contributed by atoms with Gasteiger partial charge in [-0.05, 0) is 24.3 Å². The number of aldehydes is 1. The third-order valence-corrected chi connectivity index (χ3v) is 4.07. The molecular weight excluding hydrogens is 348 g/mol. The van der Waals surface area contributed by atoms with Crippen LogP contribution >= 0.6 is 0 Å². The van der Waals surface area contributed by atoms with E-state index in [0.29, 0.717) is 19.1 Å². The van der Waals surface area contributed by atoms with Crippen LogP contribution in [0, 0.1) is 5.92 Å². The average Bonchev–Trinajstić information content (AvgIpc) is 2.65. The Labute approximate surface area is 159 Å². The van der Waals surface area contributed by atoms with E-state index < -0.39 is 18.0 Å². The zero-order valence-electron chi connectivity index (χ0n) is 16.1. The number of methoxy groups -OCH3 is 1. The van der Waals surface area contributed by atoms with Gasteiger partial charge in [0.2, 0.25) is 11.8 Å². The Kier molecular flexibility index (Phi) is 9.79. The largest absolute Gasteiger partial charge is 0.469 e. The number of rotatable bonds is 11. The molecule has 7 heteroatoms. The third kappa shape index (κ3) is 8.48. The van der Waals surface area contributed by atoms with Crippen molar-refractivity contribution in [3.63, 3.8) is 0 Å². The molecule has 27 heavy (non-hydrogen) atoms. The van der Waals surface area contributed by atoms with Crippen molar-refractivity contribution in [3.8, 4) is 0 Å². The number of carbonyl (C=O) groups is 4. The maximum atomic E-state index is 12.5. The third-order valence-electron chi connectivity index (χ3n) is 4.07. The minimum Gasteiger partial charge on any atom is -0.469 e. The molecule has 2 amide bonds. The first-order valence-corrected chi connectivity index (χ1v) is 9.03. The molecule has 0 aliphatic rings. The van der Waals surface area contributed by atoms with Crippen LogP contribution in [-0.2, 0) is 30.3 Å². The Hall–Kier alpha value is -2.70. The summed E-state index contributed by atoms with van der Waals surface area (Å²) >= 11 is 0. The summed E-state index contributed by atoms with van der Waals surface area (Å²) < 4.78 is 4.53. The van der Waals surface area contributed by atoms with Crippen LogP contribution in [0.15, 0.2) is 30.3 Å². The van der Waals surface area contributed by atoms with Crippen LogP contribution in [0.5, 0.6) is 0 Å². The van der Waals surface area contributed by atoms with Gasteiger partial charge in [-0.15, -0.1) is 0 Å². The lowest BCUT2D eigenvalue weighted by molar-refractivity contribution is -0.140. The van der Waals surface area contributed by atoms with Gasteiger partial charge in [0.05, 0.1) is 13.2 Å². The Balaban J connectivity index is 2.59. The number of hydrogen-bond donors (Lipinski definition) is 2. The van der Waals surface area contributed by atoms with Crippen LogP contribution in [0.2, 0.25) is 0 Å². The zero-order valence-corrected chi connectivity index (χ0v) is 16.1. The molecular formula is C20H28N2O5. The molecule has 0 bridgehead atoms. The molecule has 1 rings (SSSR count). The van der Waals surface area contributed by atoms with Gasteiger partial charge in [-0.1, -0.05) is 44.2 Å². The number of ether oxygens (including phenoxy) is 1. The molecule has 0 spiro atoms. The molecule has 0 radical (unpaired) electrons. The van der Waals surface area contributed by atoms with Crippen molar-refractivity contribution in [2.24, 2.45) is 5.92 Å². The highest BCUT2D eigenvalue weighted by atomic mass is 16.5. The van der Waals surface area contributed by atoms with Crippen LogP contribution in [0.25, 0.3) is 0 Å². The van der Waals surface area contributed by atoms with E-state index >= 15 is 0 Å². The fourth-order valence-corrected chi connectivity index (χ4v) is 2.55. The lowest BCUT2D eigenvalue weighted by atomic mass is 10.0. The Bertz CT molecular complexity index is 631. The summed E-state index contributed by atoms with van der Waals surface area (Å²) in [5.74, 6) is -1.26. The van der Waals surface area contributed by atoms with Gasteiger partial charge in [-0.3, -0.25) is 14.4 Å². The fraction of sp³-hybridized carbons (Fsp3) is 0.500. The molecule has 1 unspecified atom stereocenters. The van der Waals surface area contributed by atoms with Gasteiger partial charge in [0.15, 0.2) is 0 Å². The molecule has 148 valence electrons. The molecule has 7 nitrogen and oxygen atoms in total. The molecule has 2 atom stereocenters. The van der Waals surface area contributed by atoms with E-state index in [9.17, 15) is 19.2 Å². The average molecular weight is 376 g/mol. The van der Waals surface area contributed by atoms with Crippen molar-refractivity contribution < 1.29 is 23.9 Å². The summed E-state index contributed by atoms with van der Waals surface area (Å²) in [6.45, 7) is 3.62. The molecule has 1 aromatic rings. The molecule has 0 aliphatic carbocycles. The summed E-state index contributed by atoms with van der Waals surface area (Å²) in [6, 6.07) is 7.95. The van der Waals surface area contributed by atoms with E-state index in [4.69, 9.17) is 0 Å². The van der Waals surface area contributed by atoms with Crippen molar-refractivity contribution in [1.29, 1.82) is 0 Å². The van der Waals surface area contributed by atoms with Crippen molar-refractivity contribution in [3.05, 3.63) is 35.9 Å². The number of nitrogens with one attached hydrogen (secondary N) is 2. The Morgan fingerprint density at radius 2 is 1.74 bits per heavy atom. The van der Waals surface area contributed by atoms with E-state index in [0.717, 1.165) is 5.56 Å². The lowest BCUT2D eigenvalue weighted by Gasteiger charge is -2.23. The fourth-order valence-electron chi connectivity index (χ4n) is 2.55. The van der Waals surface area contributed by atoms with Crippen molar-refractivity contribution in [1.82, 2.24) is 10.6 Å². The number of esters is 1. The summed E-state index contributed by atoms with van der Waals surface area (Å²) in [7, 11) is 1.29. The Morgan fingerprint density at radius 1 is 1.07 bits per heavy atom. The number of carbonyl (C=O) groups excluding carboxylic acids is 4. The predicted octanol–water partition coefficient (Wildman–Crippen LogP) is 1.40. The maximum absolute atomic E-state index is 12.5. The first-order valence-electron chi connectivity index (χ1n) is 9.03. The number of hydrogen-bond acceptors (Lipinski definition) is 5. The molecule has 0 aromatic heterocycles. The number of amides is 2. The molecule has 0 saturated heterocycles. The highest BCUT2D eigenvalue weighted by Gasteiger charge is 2.26. The quantitative estimate of drug-likeness (QED) is 0.449. The van der Waals surface area contributed by atoms with Crippen LogP contribution < -0.4 is 10.6 Å². The van der Waals surface area contributed by atoms with Gasteiger partial charge >= 0.3 is 5.97 Å². The highest BCUT2D eigenvalue weighted by Crippen LogP contribution is 2.07. The maximum Gasteiger partial charge on any atom is 0.305 e. The van der Waals surface area contributed by atoms with E-state index in [1.807, 2.05) is 44.2 Å². The topological polar surface area (TPSA) is 102 Å². The lowest BCUT2D eigenvalue weighted by Crippen LogP contribution is -2.52. The molecule has 0 fully saturated rings. The van der Waals surface area contributed by atoms with Crippen molar-refractivity contribution in [2.75, 3.05) is 7.11 Å². The van der Waals surface area contributed by atoms with Crippen LogP contribution in [0.3, 0.4) is 0 Å². The smallest absolute Gasteiger partial charge is 0.305 e. The highest BCUT2D eigenvalue weighted by molar-refractivity contribution is 5.89. The summed E-state index contributed by atoms with van der Waals surface area (Å²) in [5, 5.41) is 5.37. The predicted molar refractivity (Wildman–Crippen MR) is 101 cm³/mol. The van der Waals surface area contributed by atoms with Gasteiger partial charge in [-0.2, -0.15) is 0 Å². The number of benzene rings is 1. The minimum absolute atomic E-state index is 0.118.